The van der Waals surface area contributed by atoms with Crippen LogP contribution in [0.4, 0.5) is 0 Å². The second-order valence-corrected chi connectivity index (χ2v) is 4.49. The molecule has 0 bridgehead atoms. The second-order valence-electron chi connectivity index (χ2n) is 3.43. The van der Waals surface area contributed by atoms with Gasteiger partial charge in [0.1, 0.15) is 0 Å². The van der Waals surface area contributed by atoms with E-state index >= 15 is 0 Å². The molecule has 1 atom stereocenters. The Bertz CT molecular complexity index is 269. The maximum absolute atomic E-state index is 4.52. The van der Waals surface area contributed by atoms with Crippen molar-refractivity contribution in [3.63, 3.8) is 0 Å². The average molecular weight is 182 g/mol. The van der Waals surface area contributed by atoms with Crippen molar-refractivity contribution in [1.29, 1.82) is 0 Å². The van der Waals surface area contributed by atoms with Crippen molar-refractivity contribution in [2.24, 2.45) is 0 Å². The minimum absolute atomic E-state index is 0.593. The van der Waals surface area contributed by atoms with Crippen LogP contribution in [0.2, 0.25) is 0 Å². The zero-order valence-electron chi connectivity index (χ0n) is 7.58. The van der Waals surface area contributed by atoms with Crippen LogP contribution < -0.4 is 0 Å². The maximum Gasteiger partial charge on any atom is 0.0898 e. The Morgan fingerprint density at radius 2 is 2.50 bits per heavy atom. The summed E-state index contributed by atoms with van der Waals surface area (Å²) in [5, 5.41) is 3.38. The number of nitrogens with zero attached hydrogens (tertiary/aromatic N) is 2. The van der Waals surface area contributed by atoms with Crippen molar-refractivity contribution < 1.29 is 0 Å². The molecular weight excluding hydrogens is 168 g/mol. The fourth-order valence-corrected chi connectivity index (χ4v) is 2.48. The lowest BCUT2D eigenvalue weighted by Gasteiger charge is -2.16. The molecule has 0 spiro atoms. The first-order valence-corrected chi connectivity index (χ1v) is 5.27. The summed E-state index contributed by atoms with van der Waals surface area (Å²) >= 11 is 1.76. The molecule has 12 heavy (non-hydrogen) atoms. The summed E-state index contributed by atoms with van der Waals surface area (Å²) in [6.07, 6.45) is 2.59. The van der Waals surface area contributed by atoms with Crippen LogP contribution in [0, 0.1) is 6.92 Å². The van der Waals surface area contributed by atoms with Gasteiger partial charge in [0.05, 0.1) is 16.7 Å². The predicted octanol–water partition coefficient (Wildman–Crippen LogP) is 2.22. The van der Waals surface area contributed by atoms with Crippen LogP contribution in [0.5, 0.6) is 0 Å². The third kappa shape index (κ3) is 1.39. The topological polar surface area (TPSA) is 16.1 Å². The van der Waals surface area contributed by atoms with Gasteiger partial charge in [-0.05, 0) is 33.4 Å². The lowest BCUT2D eigenvalue weighted by atomic mass is 10.2. The molecule has 2 nitrogen and oxygen atoms in total. The van der Waals surface area contributed by atoms with Gasteiger partial charge in [-0.25, -0.2) is 4.98 Å². The van der Waals surface area contributed by atoms with Crippen LogP contribution in [0.25, 0.3) is 0 Å². The highest BCUT2D eigenvalue weighted by molar-refractivity contribution is 7.09. The van der Waals surface area contributed by atoms with Crippen molar-refractivity contribution in [3.05, 3.63) is 16.1 Å². The lowest BCUT2D eigenvalue weighted by molar-refractivity contribution is 0.312. The third-order valence-corrected chi connectivity index (χ3v) is 3.29. The molecule has 0 N–H and O–H groups in total. The van der Waals surface area contributed by atoms with Gasteiger partial charge in [0.25, 0.3) is 0 Å². The molecule has 1 aliphatic rings. The van der Waals surface area contributed by atoms with E-state index in [1.165, 1.54) is 30.1 Å². The first-order chi connectivity index (χ1) is 5.77. The zero-order chi connectivity index (χ0) is 8.55. The van der Waals surface area contributed by atoms with Gasteiger partial charge in [-0.15, -0.1) is 11.3 Å². The van der Waals surface area contributed by atoms with Gasteiger partial charge in [-0.2, -0.15) is 0 Å². The molecule has 0 amide bonds. The molecule has 0 aliphatic carbocycles. The van der Waals surface area contributed by atoms with Crippen LogP contribution in [0.15, 0.2) is 5.38 Å². The standard InChI is InChI=1S/C9H14N2S/c1-7-10-8(6-12-7)9-4-3-5-11(9)2/h6,9H,3-5H2,1-2H3. The third-order valence-electron chi connectivity index (χ3n) is 2.50. The number of rotatable bonds is 1. The van der Waals surface area contributed by atoms with E-state index in [9.17, 15) is 0 Å². The van der Waals surface area contributed by atoms with Gasteiger partial charge >= 0.3 is 0 Å². The molecule has 1 fully saturated rings. The molecule has 3 heteroatoms. The Hall–Kier alpha value is -0.410. The van der Waals surface area contributed by atoms with Crippen molar-refractivity contribution in [1.82, 2.24) is 9.88 Å². The molecule has 0 saturated carbocycles. The van der Waals surface area contributed by atoms with Gasteiger partial charge in [-0.1, -0.05) is 0 Å². The van der Waals surface area contributed by atoms with Crippen molar-refractivity contribution in [2.45, 2.75) is 25.8 Å². The highest BCUT2D eigenvalue weighted by Gasteiger charge is 2.23. The summed E-state index contributed by atoms with van der Waals surface area (Å²) in [6.45, 7) is 3.30. The number of aromatic nitrogens is 1. The molecule has 1 saturated heterocycles. The molecule has 0 radical (unpaired) electrons. The quantitative estimate of drug-likeness (QED) is 0.662. The SMILES string of the molecule is Cc1nc(C2CCCN2C)cs1. The minimum atomic E-state index is 0.593. The Balaban J connectivity index is 2.19. The normalized spacial score (nSPS) is 25.0. The van der Waals surface area contributed by atoms with Gasteiger partial charge < -0.3 is 0 Å². The highest BCUT2D eigenvalue weighted by Crippen LogP contribution is 2.30. The van der Waals surface area contributed by atoms with Crippen LogP contribution >= 0.6 is 11.3 Å². The van der Waals surface area contributed by atoms with Crippen molar-refractivity contribution in [2.75, 3.05) is 13.6 Å². The van der Waals surface area contributed by atoms with Crippen LogP contribution in [-0.4, -0.2) is 23.5 Å². The van der Waals surface area contributed by atoms with E-state index in [1.54, 1.807) is 11.3 Å². The van der Waals surface area contributed by atoms with Crippen molar-refractivity contribution in [3.8, 4) is 0 Å². The highest BCUT2D eigenvalue weighted by atomic mass is 32.1. The molecular formula is C9H14N2S. The van der Waals surface area contributed by atoms with E-state index in [0.29, 0.717) is 6.04 Å². The van der Waals surface area contributed by atoms with Gasteiger partial charge in [0, 0.05) is 5.38 Å². The Morgan fingerprint density at radius 3 is 3.00 bits per heavy atom. The van der Waals surface area contributed by atoms with Crippen LogP contribution in [0.3, 0.4) is 0 Å². The van der Waals surface area contributed by atoms with Gasteiger partial charge in [0.2, 0.25) is 0 Å². The van der Waals surface area contributed by atoms with E-state index in [4.69, 9.17) is 0 Å². The monoisotopic (exact) mass is 182 g/mol. The Morgan fingerprint density at radius 1 is 1.67 bits per heavy atom. The largest absolute Gasteiger partial charge is 0.298 e. The maximum atomic E-state index is 4.52. The fourth-order valence-electron chi connectivity index (χ4n) is 1.82. The lowest BCUT2D eigenvalue weighted by Crippen LogP contribution is -2.17. The molecule has 2 rings (SSSR count). The Kier molecular flexibility index (Phi) is 2.15. The summed E-state index contributed by atoms with van der Waals surface area (Å²) in [4.78, 5) is 6.92. The molecule has 1 aromatic heterocycles. The van der Waals surface area contributed by atoms with E-state index in [0.717, 1.165) is 0 Å². The van der Waals surface area contributed by atoms with Gasteiger partial charge in [0.15, 0.2) is 0 Å². The summed E-state index contributed by atoms with van der Waals surface area (Å²) in [6, 6.07) is 0.593. The number of hydrogen-bond acceptors (Lipinski definition) is 3. The van der Waals surface area contributed by atoms with E-state index in [-0.39, 0.29) is 0 Å². The molecule has 0 aromatic carbocycles. The number of thiazole rings is 1. The molecule has 1 aromatic rings. The van der Waals surface area contributed by atoms with Crippen molar-refractivity contribution >= 4 is 11.3 Å². The molecule has 1 unspecified atom stereocenters. The Labute approximate surface area is 77.2 Å². The molecule has 2 heterocycles. The summed E-state index contributed by atoms with van der Waals surface area (Å²) in [5.41, 5.74) is 1.28. The van der Waals surface area contributed by atoms with Gasteiger partial charge in [-0.3, -0.25) is 4.90 Å². The fraction of sp³-hybridized carbons (Fsp3) is 0.667. The zero-order valence-corrected chi connectivity index (χ0v) is 8.40. The van der Waals surface area contributed by atoms with E-state index < -0.39 is 0 Å². The summed E-state index contributed by atoms with van der Waals surface area (Å²) in [7, 11) is 2.19. The summed E-state index contributed by atoms with van der Waals surface area (Å²) < 4.78 is 0. The summed E-state index contributed by atoms with van der Waals surface area (Å²) in [5.74, 6) is 0. The number of hydrogen-bond donors (Lipinski definition) is 0. The first kappa shape index (κ1) is 8.20. The molecule has 1 aliphatic heterocycles. The molecule has 66 valence electrons. The van der Waals surface area contributed by atoms with E-state index in [2.05, 4.69) is 29.2 Å². The first-order valence-electron chi connectivity index (χ1n) is 4.39. The van der Waals surface area contributed by atoms with Crippen LogP contribution in [-0.2, 0) is 0 Å². The number of aryl methyl sites for hydroxylation is 1. The van der Waals surface area contributed by atoms with Crippen LogP contribution in [0.1, 0.15) is 29.6 Å². The number of likely N-dealkylation sites (tertiary alicyclic amines) is 1. The smallest absolute Gasteiger partial charge is 0.0898 e. The van der Waals surface area contributed by atoms with E-state index in [1.807, 2.05) is 0 Å². The second kappa shape index (κ2) is 3.15. The predicted molar refractivity (Wildman–Crippen MR) is 51.5 cm³/mol. The minimum Gasteiger partial charge on any atom is -0.298 e. The average Bonchev–Trinajstić information content (AvgIpc) is 2.58.